The lowest BCUT2D eigenvalue weighted by atomic mass is 9.71. The molecule has 0 heteroatoms. The molecule has 62 heavy (non-hydrogen) atoms. The van der Waals surface area contributed by atoms with E-state index < -0.39 is 0 Å². The van der Waals surface area contributed by atoms with Gasteiger partial charge in [0.25, 0.3) is 0 Å². The molecule has 0 radical (unpaired) electrons. The summed E-state index contributed by atoms with van der Waals surface area (Å²) in [4.78, 5) is 0. The summed E-state index contributed by atoms with van der Waals surface area (Å²) in [6, 6.07) is 0. The monoisotopic (exact) mass is 877 g/mol. The van der Waals surface area contributed by atoms with E-state index in [4.69, 9.17) is 0 Å². The summed E-state index contributed by atoms with van der Waals surface area (Å²) in [5.74, 6) is 9.70. The van der Waals surface area contributed by atoms with Gasteiger partial charge in [0.2, 0.25) is 0 Å². The van der Waals surface area contributed by atoms with Crippen molar-refractivity contribution in [2.24, 2.45) is 102 Å². The van der Waals surface area contributed by atoms with E-state index in [-0.39, 0.29) is 0 Å². The predicted octanol–water partition coefficient (Wildman–Crippen LogP) is 22.6. The molecule has 4 aliphatic rings. The maximum absolute atomic E-state index is 2.44. The summed E-state index contributed by atoms with van der Waals surface area (Å²) in [5.41, 5.74) is 4.17. The SMILES string of the molecule is CC(C)(C)C(C)(C)C.CC(C)(C)C(C)(C)C.CC(C)C(C)C(C)C.CC1(C2CC2)CC1.CCC(C)(C)C(C)C.CCC(C)C(C)(C)C.CC[C@@H](C)C(C)(C)C.C[C@H]1CC1C1CC1. The molecule has 0 saturated heterocycles. The molecule has 4 aliphatic carbocycles. The van der Waals surface area contributed by atoms with Crippen LogP contribution in [0.25, 0.3) is 0 Å². The van der Waals surface area contributed by atoms with Crippen LogP contribution < -0.4 is 0 Å². The quantitative estimate of drug-likeness (QED) is 0.228. The largest absolute Gasteiger partial charge is 0.0651 e. The van der Waals surface area contributed by atoms with Crippen molar-refractivity contribution in [3.05, 3.63) is 0 Å². The summed E-state index contributed by atoms with van der Waals surface area (Å²) in [7, 11) is 0. The van der Waals surface area contributed by atoms with Gasteiger partial charge in [0.15, 0.2) is 0 Å². The van der Waals surface area contributed by atoms with Gasteiger partial charge in [-0.05, 0) is 147 Å². The molecule has 0 aromatic carbocycles. The summed E-state index contributed by atoms with van der Waals surface area (Å²) in [6.07, 6.45) is 14.6. The topological polar surface area (TPSA) is 0 Å². The van der Waals surface area contributed by atoms with E-state index in [2.05, 4.69) is 235 Å². The van der Waals surface area contributed by atoms with Crippen molar-refractivity contribution in [3.8, 4) is 0 Å². The second-order valence-electron chi connectivity index (χ2n) is 29.8. The van der Waals surface area contributed by atoms with E-state index in [1.54, 1.807) is 19.3 Å². The fourth-order valence-electron chi connectivity index (χ4n) is 5.32. The molecule has 0 spiro atoms. The van der Waals surface area contributed by atoms with Gasteiger partial charge in [0.1, 0.15) is 0 Å². The molecular formula is C62H132. The molecule has 0 heterocycles. The number of rotatable bonds is 8. The molecule has 0 aromatic rings. The minimum atomic E-state index is 0.437. The smallest absolute Gasteiger partial charge is 0.0297 e. The zero-order valence-electron chi connectivity index (χ0n) is 50.8. The average molecular weight is 878 g/mol. The Morgan fingerprint density at radius 1 is 0.468 bits per heavy atom. The van der Waals surface area contributed by atoms with Crippen molar-refractivity contribution < 1.29 is 0 Å². The Morgan fingerprint density at radius 2 is 0.742 bits per heavy atom. The summed E-state index contributed by atoms with van der Waals surface area (Å²) < 4.78 is 0. The lowest BCUT2D eigenvalue weighted by Gasteiger charge is -2.34. The number of hydrogen-bond acceptors (Lipinski definition) is 0. The highest BCUT2D eigenvalue weighted by Gasteiger charge is 2.49. The van der Waals surface area contributed by atoms with Gasteiger partial charge in [-0.25, -0.2) is 0 Å². The third-order valence-corrected chi connectivity index (χ3v) is 18.3. The third kappa shape index (κ3) is 34.3. The Balaban J connectivity index is -0.000000310. The fourth-order valence-corrected chi connectivity index (χ4v) is 5.32. The maximum atomic E-state index is 2.44. The zero-order valence-corrected chi connectivity index (χ0v) is 50.8. The van der Waals surface area contributed by atoms with Crippen molar-refractivity contribution in [3.63, 3.8) is 0 Å². The first-order chi connectivity index (χ1) is 27.2. The summed E-state index contributed by atoms with van der Waals surface area (Å²) in [6.45, 7) is 77.8. The van der Waals surface area contributed by atoms with E-state index in [9.17, 15) is 0 Å². The first kappa shape index (κ1) is 68.6. The molecule has 0 bridgehead atoms. The molecule has 0 aromatic heterocycles. The molecule has 4 rings (SSSR count). The van der Waals surface area contributed by atoms with E-state index in [1.165, 1.54) is 56.8 Å². The molecule has 2 unspecified atom stereocenters. The lowest BCUT2D eigenvalue weighted by Crippen LogP contribution is -2.25. The van der Waals surface area contributed by atoms with Crippen molar-refractivity contribution in [1.82, 2.24) is 0 Å². The van der Waals surface area contributed by atoms with E-state index in [0.29, 0.717) is 37.9 Å². The Hall–Kier alpha value is 0. The highest BCUT2D eigenvalue weighted by molar-refractivity contribution is 5.00. The first-order valence-corrected chi connectivity index (χ1v) is 27.2. The second kappa shape index (κ2) is 28.4. The maximum Gasteiger partial charge on any atom is -0.0297 e. The molecule has 0 aliphatic heterocycles. The van der Waals surface area contributed by atoms with Crippen LogP contribution in [-0.4, -0.2) is 0 Å². The molecule has 4 atom stereocenters. The van der Waals surface area contributed by atoms with Gasteiger partial charge < -0.3 is 0 Å². The van der Waals surface area contributed by atoms with E-state index >= 15 is 0 Å². The van der Waals surface area contributed by atoms with Crippen LogP contribution in [0.1, 0.15) is 300 Å². The van der Waals surface area contributed by atoms with E-state index in [1.807, 2.05) is 0 Å². The van der Waals surface area contributed by atoms with Gasteiger partial charge in [0.05, 0.1) is 0 Å². The number of hydrogen-bond donors (Lipinski definition) is 0. The predicted molar refractivity (Wildman–Crippen MR) is 293 cm³/mol. The highest BCUT2D eigenvalue weighted by Crippen LogP contribution is 2.60. The highest BCUT2D eigenvalue weighted by atomic mass is 14.5. The molecule has 380 valence electrons. The molecule has 4 fully saturated rings. The lowest BCUT2D eigenvalue weighted by molar-refractivity contribution is 0.157. The molecular weight excluding hydrogens is 745 g/mol. The van der Waals surface area contributed by atoms with Crippen LogP contribution in [0.5, 0.6) is 0 Å². The van der Waals surface area contributed by atoms with Crippen molar-refractivity contribution in [1.29, 1.82) is 0 Å². The van der Waals surface area contributed by atoms with Gasteiger partial charge >= 0.3 is 0 Å². The molecule has 0 nitrogen and oxygen atoms in total. The normalized spacial score (nSPS) is 20.6. The van der Waals surface area contributed by atoms with Gasteiger partial charge in [-0.3, -0.25) is 0 Å². The summed E-state index contributed by atoms with van der Waals surface area (Å²) in [5, 5.41) is 0. The van der Waals surface area contributed by atoms with Gasteiger partial charge in [-0.15, -0.1) is 0 Å². The average Bonchev–Trinajstić information content (AvgIpc) is 3.88. The van der Waals surface area contributed by atoms with Crippen LogP contribution in [0.15, 0.2) is 0 Å². The van der Waals surface area contributed by atoms with Crippen LogP contribution >= 0.6 is 0 Å². The third-order valence-electron chi connectivity index (χ3n) is 18.3. The van der Waals surface area contributed by atoms with Crippen LogP contribution in [0.3, 0.4) is 0 Å². The minimum absolute atomic E-state index is 0.437. The van der Waals surface area contributed by atoms with Crippen molar-refractivity contribution in [2.75, 3.05) is 0 Å². The van der Waals surface area contributed by atoms with Crippen LogP contribution in [-0.2, 0) is 0 Å². The second-order valence-corrected chi connectivity index (χ2v) is 29.8. The van der Waals surface area contributed by atoms with Crippen LogP contribution in [0.2, 0.25) is 0 Å². The standard InChI is InChI=1S/6C8H18.2C7H12/c2*1-7(2,3)8(4,5)6;2*1-6-7(2)8(3,4)5;1-6-8(4,5)7(2)3;1-6(2)8(5)7(3)4;1-7(4-5-7)6-2-3-6;1-5-4-7(5)6-2-3-6/h2*1-6H3;3*7H,6H2,1-5H3;6-8H,1-5H3;6H,2-5H2,1H3;5-7H,2-4H2,1H3/t;;7-;;;;;5-,7?/m..1....0/s1. The fraction of sp³-hybridized carbons (Fsp3) is 1.00. The minimum Gasteiger partial charge on any atom is -0.0651 e. The molecule has 0 N–H and O–H groups in total. The Bertz CT molecular complexity index is 975. The first-order valence-electron chi connectivity index (χ1n) is 27.2. The van der Waals surface area contributed by atoms with Crippen molar-refractivity contribution in [2.45, 2.75) is 300 Å². The Kier molecular flexibility index (Phi) is 31.4. The van der Waals surface area contributed by atoms with Crippen LogP contribution in [0, 0.1) is 102 Å². The van der Waals surface area contributed by atoms with E-state index in [0.717, 1.165) is 52.8 Å². The van der Waals surface area contributed by atoms with Gasteiger partial charge in [-0.1, -0.05) is 255 Å². The molecule has 4 saturated carbocycles. The Morgan fingerprint density at radius 3 is 0.774 bits per heavy atom. The molecule has 0 amide bonds. The van der Waals surface area contributed by atoms with Crippen molar-refractivity contribution >= 4 is 0 Å². The summed E-state index contributed by atoms with van der Waals surface area (Å²) >= 11 is 0. The Labute approximate surface area is 400 Å². The van der Waals surface area contributed by atoms with Gasteiger partial charge in [-0.2, -0.15) is 0 Å². The van der Waals surface area contributed by atoms with Crippen LogP contribution in [0.4, 0.5) is 0 Å². The zero-order chi connectivity index (χ0) is 50.8. The van der Waals surface area contributed by atoms with Gasteiger partial charge in [0, 0.05) is 0 Å².